The van der Waals surface area contributed by atoms with Gasteiger partial charge in [-0.1, -0.05) is 13.8 Å². The van der Waals surface area contributed by atoms with E-state index in [0.29, 0.717) is 29.5 Å². The lowest BCUT2D eigenvalue weighted by atomic mass is 10.0. The fraction of sp³-hybridized carbons (Fsp3) is 0.467. The summed E-state index contributed by atoms with van der Waals surface area (Å²) in [4.78, 5) is 25.2. The molecule has 1 saturated carbocycles. The van der Waals surface area contributed by atoms with E-state index in [0.717, 1.165) is 12.0 Å². The molecule has 7 nitrogen and oxygen atoms in total. The predicted octanol–water partition coefficient (Wildman–Crippen LogP) is 1.08. The Labute approximate surface area is 127 Å². The quantitative estimate of drug-likeness (QED) is 0.913. The van der Waals surface area contributed by atoms with Gasteiger partial charge in [-0.2, -0.15) is 0 Å². The number of nitrogens with zero attached hydrogens (tertiary/aromatic N) is 3. The van der Waals surface area contributed by atoms with Crippen molar-refractivity contribution < 1.29 is 4.74 Å². The van der Waals surface area contributed by atoms with E-state index in [1.807, 2.05) is 6.07 Å². The van der Waals surface area contributed by atoms with E-state index in [1.165, 1.54) is 16.8 Å². The normalized spacial score (nSPS) is 20.2. The molecule has 0 radical (unpaired) electrons. The van der Waals surface area contributed by atoms with Crippen LogP contribution in [0.3, 0.4) is 0 Å². The highest BCUT2D eigenvalue weighted by Crippen LogP contribution is 2.53. The molecule has 0 aromatic carbocycles. The third kappa shape index (κ3) is 2.54. The number of rotatable bonds is 4. The molecule has 2 aromatic heterocycles. The molecule has 1 aliphatic rings. The van der Waals surface area contributed by atoms with E-state index in [1.54, 1.807) is 7.11 Å². The summed E-state index contributed by atoms with van der Waals surface area (Å²) in [5, 5.41) is 8.09. The molecule has 0 spiro atoms. The molecule has 1 aliphatic carbocycles. The Balaban J connectivity index is 2.04. The van der Waals surface area contributed by atoms with Crippen LogP contribution in [0.15, 0.2) is 27.9 Å². The van der Waals surface area contributed by atoms with Crippen molar-refractivity contribution in [1.82, 2.24) is 19.7 Å². The zero-order valence-electron chi connectivity index (χ0n) is 12.7. The zero-order chi connectivity index (χ0) is 15.9. The number of hydrogen-bond acceptors (Lipinski definition) is 5. The smallest absolute Gasteiger partial charge is 0.334 e. The molecular weight excluding hydrogens is 284 g/mol. The lowest BCUT2D eigenvalue weighted by molar-refractivity contribution is 0.384. The Morgan fingerprint density at radius 3 is 2.73 bits per heavy atom. The predicted molar refractivity (Wildman–Crippen MR) is 80.5 cm³/mol. The van der Waals surface area contributed by atoms with Crippen LogP contribution in [-0.2, 0) is 0 Å². The number of methoxy groups -OCH3 is 1. The van der Waals surface area contributed by atoms with Crippen molar-refractivity contribution >= 4 is 0 Å². The molecule has 1 N–H and O–H groups in total. The van der Waals surface area contributed by atoms with Gasteiger partial charge in [0.2, 0.25) is 5.88 Å². The first-order chi connectivity index (χ1) is 10.5. The van der Waals surface area contributed by atoms with Crippen molar-refractivity contribution in [2.45, 2.75) is 26.2 Å². The van der Waals surface area contributed by atoms with Crippen molar-refractivity contribution in [3.63, 3.8) is 0 Å². The first kappa shape index (κ1) is 14.5. The van der Waals surface area contributed by atoms with E-state index in [9.17, 15) is 9.59 Å². The maximum atomic E-state index is 11.9. The maximum Gasteiger partial charge on any atom is 0.334 e. The maximum absolute atomic E-state index is 11.9. The van der Waals surface area contributed by atoms with Gasteiger partial charge in [0.15, 0.2) is 5.82 Å². The highest BCUT2D eigenvalue weighted by molar-refractivity contribution is 5.39. The molecule has 0 amide bonds. The van der Waals surface area contributed by atoms with E-state index >= 15 is 0 Å². The number of ether oxygens (including phenoxy) is 1. The van der Waals surface area contributed by atoms with Gasteiger partial charge in [0, 0.05) is 17.8 Å². The van der Waals surface area contributed by atoms with Gasteiger partial charge in [0.05, 0.1) is 7.11 Å². The Morgan fingerprint density at radius 1 is 1.36 bits per heavy atom. The van der Waals surface area contributed by atoms with Crippen LogP contribution in [0, 0.1) is 11.8 Å². The van der Waals surface area contributed by atoms with Crippen molar-refractivity contribution in [1.29, 1.82) is 0 Å². The number of hydrogen-bond donors (Lipinski definition) is 1. The molecule has 2 atom stereocenters. The van der Waals surface area contributed by atoms with Crippen molar-refractivity contribution in [3.05, 3.63) is 44.7 Å². The number of aromatic amines is 1. The van der Waals surface area contributed by atoms with E-state index < -0.39 is 11.2 Å². The molecule has 2 aromatic rings. The van der Waals surface area contributed by atoms with Crippen LogP contribution in [0.25, 0.3) is 5.82 Å². The fourth-order valence-corrected chi connectivity index (χ4v) is 2.83. The second-order valence-electron chi connectivity index (χ2n) is 5.90. The SMILES string of the molecule is COc1nnc(-n2ccc(=O)[nH]c2=O)cc1[C@H]1C[C@@H]1C(C)C. The molecule has 22 heavy (non-hydrogen) atoms. The summed E-state index contributed by atoms with van der Waals surface area (Å²) in [6.07, 6.45) is 2.48. The lowest BCUT2D eigenvalue weighted by Crippen LogP contribution is -2.28. The van der Waals surface area contributed by atoms with Gasteiger partial charge in [-0.25, -0.2) is 4.79 Å². The van der Waals surface area contributed by atoms with Crippen LogP contribution in [0.5, 0.6) is 5.88 Å². The van der Waals surface area contributed by atoms with Crippen LogP contribution in [0.2, 0.25) is 0 Å². The zero-order valence-corrected chi connectivity index (χ0v) is 12.7. The van der Waals surface area contributed by atoms with Crippen LogP contribution in [-0.4, -0.2) is 26.9 Å². The molecule has 1 fully saturated rings. The molecule has 0 aliphatic heterocycles. The standard InChI is InChI=1S/C15H18N4O3/c1-8(2)9-6-10(9)11-7-12(17-18-14(11)22-3)19-5-4-13(20)16-15(19)21/h4-5,7-10H,6H2,1-3H3,(H,16,20,21)/t9-,10+/m1/s1. The number of aromatic nitrogens is 4. The second-order valence-corrected chi connectivity index (χ2v) is 5.90. The summed E-state index contributed by atoms with van der Waals surface area (Å²) in [6.45, 7) is 4.39. The van der Waals surface area contributed by atoms with Crippen molar-refractivity contribution in [2.75, 3.05) is 7.11 Å². The van der Waals surface area contributed by atoms with Gasteiger partial charge in [0.1, 0.15) is 0 Å². The van der Waals surface area contributed by atoms with Gasteiger partial charge < -0.3 is 4.74 Å². The molecule has 0 saturated heterocycles. The molecule has 116 valence electrons. The fourth-order valence-electron chi connectivity index (χ4n) is 2.83. The van der Waals surface area contributed by atoms with E-state index in [2.05, 4.69) is 29.0 Å². The topological polar surface area (TPSA) is 89.9 Å². The van der Waals surface area contributed by atoms with Gasteiger partial charge in [-0.05, 0) is 30.2 Å². The van der Waals surface area contributed by atoms with Gasteiger partial charge in [-0.3, -0.25) is 14.3 Å². The Hall–Kier alpha value is -2.44. The molecule has 7 heteroatoms. The minimum absolute atomic E-state index is 0.377. The largest absolute Gasteiger partial charge is 0.480 e. The Bertz CT molecular complexity index is 809. The first-order valence-corrected chi connectivity index (χ1v) is 7.25. The van der Waals surface area contributed by atoms with Crippen LogP contribution in [0.4, 0.5) is 0 Å². The third-order valence-electron chi connectivity index (χ3n) is 4.13. The molecule has 0 unspecified atom stereocenters. The summed E-state index contributed by atoms with van der Waals surface area (Å²) >= 11 is 0. The molecule has 3 rings (SSSR count). The van der Waals surface area contributed by atoms with Gasteiger partial charge in [-0.15, -0.1) is 10.2 Å². The summed E-state index contributed by atoms with van der Waals surface area (Å²) in [5.74, 6) is 2.43. The van der Waals surface area contributed by atoms with Crippen molar-refractivity contribution in [2.24, 2.45) is 11.8 Å². The first-order valence-electron chi connectivity index (χ1n) is 7.25. The highest BCUT2D eigenvalue weighted by Gasteiger charge is 2.42. The minimum atomic E-state index is -0.533. The summed E-state index contributed by atoms with van der Waals surface area (Å²) in [7, 11) is 1.56. The van der Waals surface area contributed by atoms with E-state index in [-0.39, 0.29) is 0 Å². The summed E-state index contributed by atoms with van der Waals surface area (Å²) < 4.78 is 6.56. The monoisotopic (exact) mass is 302 g/mol. The van der Waals surface area contributed by atoms with Gasteiger partial charge >= 0.3 is 5.69 Å². The molecule has 2 heterocycles. The Morgan fingerprint density at radius 2 is 2.14 bits per heavy atom. The van der Waals surface area contributed by atoms with E-state index in [4.69, 9.17) is 4.74 Å². The number of H-pyrrole nitrogens is 1. The third-order valence-corrected chi connectivity index (χ3v) is 4.13. The Kier molecular flexibility index (Phi) is 3.56. The molecule has 0 bridgehead atoms. The molecular formula is C15H18N4O3. The van der Waals surface area contributed by atoms with Crippen LogP contribution < -0.4 is 16.0 Å². The summed E-state index contributed by atoms with van der Waals surface area (Å²) in [6, 6.07) is 3.10. The van der Waals surface area contributed by atoms with Crippen LogP contribution in [0.1, 0.15) is 31.7 Å². The van der Waals surface area contributed by atoms with Gasteiger partial charge in [0.25, 0.3) is 5.56 Å². The van der Waals surface area contributed by atoms with Crippen molar-refractivity contribution in [3.8, 4) is 11.7 Å². The minimum Gasteiger partial charge on any atom is -0.480 e. The van der Waals surface area contributed by atoms with Crippen LogP contribution >= 0.6 is 0 Å². The number of nitrogens with one attached hydrogen (secondary N) is 1. The summed E-state index contributed by atoms with van der Waals surface area (Å²) in [5.41, 5.74) is -0.0107. The second kappa shape index (κ2) is 5.40. The average Bonchev–Trinajstić information content (AvgIpc) is 3.27. The highest BCUT2D eigenvalue weighted by atomic mass is 16.5. The lowest BCUT2D eigenvalue weighted by Gasteiger charge is -2.10. The average molecular weight is 302 g/mol.